The molecule has 1 aromatic rings. The van der Waals surface area contributed by atoms with Crippen LogP contribution in [0.4, 0.5) is 0 Å². The molecular weight excluding hydrogens is 250 g/mol. The van der Waals surface area contributed by atoms with Gasteiger partial charge in [0.2, 0.25) is 0 Å². The van der Waals surface area contributed by atoms with Gasteiger partial charge in [0.15, 0.2) is 0 Å². The van der Waals surface area contributed by atoms with E-state index >= 15 is 0 Å². The van der Waals surface area contributed by atoms with Gasteiger partial charge in [-0.05, 0) is 24.6 Å². The molecule has 0 fully saturated rings. The number of carboxylic acids is 1. The molecule has 104 valence electrons. The quantitative estimate of drug-likeness (QED) is 0.811. The van der Waals surface area contributed by atoms with Crippen LogP contribution < -0.4 is 14.8 Å². The zero-order chi connectivity index (χ0) is 14.4. The number of ether oxygens (including phenoxy) is 2. The second-order valence-corrected chi connectivity index (χ2v) is 3.84. The molecule has 2 N–H and O–H groups in total. The molecule has 6 heteroatoms. The molecule has 1 rings (SSSR count). The third-order valence-electron chi connectivity index (χ3n) is 2.66. The Labute approximate surface area is 111 Å². The molecule has 0 radical (unpaired) electrons. The Bertz CT molecular complexity index is 472. The van der Waals surface area contributed by atoms with Crippen molar-refractivity contribution in [2.75, 3.05) is 14.2 Å². The Hall–Kier alpha value is -2.24. The van der Waals surface area contributed by atoms with E-state index in [1.807, 2.05) is 0 Å². The molecule has 0 aliphatic rings. The number of methoxy groups -OCH3 is 2. The van der Waals surface area contributed by atoms with Crippen molar-refractivity contribution in [1.29, 1.82) is 0 Å². The largest absolute Gasteiger partial charge is 0.497 e. The molecule has 19 heavy (non-hydrogen) atoms. The van der Waals surface area contributed by atoms with Crippen LogP contribution in [-0.2, 0) is 4.79 Å². The summed E-state index contributed by atoms with van der Waals surface area (Å²) < 4.78 is 10.1. The van der Waals surface area contributed by atoms with Crippen molar-refractivity contribution in [3.63, 3.8) is 0 Å². The van der Waals surface area contributed by atoms with Gasteiger partial charge in [-0.3, -0.25) is 4.79 Å². The second-order valence-electron chi connectivity index (χ2n) is 3.84. The van der Waals surface area contributed by atoms with Gasteiger partial charge in [0.05, 0.1) is 19.8 Å². The first-order chi connectivity index (χ1) is 9.03. The number of carboxylic acid groups (broad SMARTS) is 1. The van der Waals surface area contributed by atoms with E-state index in [0.29, 0.717) is 17.9 Å². The van der Waals surface area contributed by atoms with E-state index in [4.69, 9.17) is 14.6 Å². The molecular formula is C13H17NO5. The maximum Gasteiger partial charge on any atom is 0.326 e. The van der Waals surface area contributed by atoms with Crippen molar-refractivity contribution >= 4 is 11.9 Å². The normalized spacial score (nSPS) is 11.5. The highest BCUT2D eigenvalue weighted by Gasteiger charge is 2.21. The Balaban J connectivity index is 3.00. The average molecular weight is 267 g/mol. The van der Waals surface area contributed by atoms with Crippen LogP contribution in [0.1, 0.15) is 23.7 Å². The summed E-state index contributed by atoms with van der Waals surface area (Å²) in [5.41, 5.74) is 0.238. The average Bonchev–Trinajstić information content (AvgIpc) is 2.43. The van der Waals surface area contributed by atoms with E-state index in [2.05, 4.69) is 5.32 Å². The summed E-state index contributed by atoms with van der Waals surface area (Å²) >= 11 is 0. The molecule has 0 bridgehead atoms. The first kappa shape index (κ1) is 14.8. The fourth-order valence-corrected chi connectivity index (χ4v) is 1.57. The summed E-state index contributed by atoms with van der Waals surface area (Å²) in [5, 5.41) is 11.4. The lowest BCUT2D eigenvalue weighted by Crippen LogP contribution is -2.40. The monoisotopic (exact) mass is 267 g/mol. The maximum absolute atomic E-state index is 12.1. The third kappa shape index (κ3) is 3.61. The fourth-order valence-electron chi connectivity index (χ4n) is 1.57. The van der Waals surface area contributed by atoms with Gasteiger partial charge in [0.1, 0.15) is 17.5 Å². The first-order valence-corrected chi connectivity index (χ1v) is 5.79. The number of nitrogens with one attached hydrogen (secondary N) is 1. The minimum atomic E-state index is -1.07. The SMILES string of the molecule is CC[C@H](NC(=O)c1cc(OC)ccc1OC)C(=O)O. The summed E-state index contributed by atoms with van der Waals surface area (Å²) in [7, 11) is 2.92. The van der Waals surface area contributed by atoms with Gasteiger partial charge in [-0.25, -0.2) is 4.79 Å². The molecule has 0 saturated carbocycles. The lowest BCUT2D eigenvalue weighted by molar-refractivity contribution is -0.139. The number of hydrogen-bond donors (Lipinski definition) is 2. The molecule has 6 nitrogen and oxygen atoms in total. The lowest BCUT2D eigenvalue weighted by Gasteiger charge is -2.14. The summed E-state index contributed by atoms with van der Waals surface area (Å²) in [4.78, 5) is 23.0. The van der Waals surface area contributed by atoms with Crippen molar-refractivity contribution in [3.8, 4) is 11.5 Å². The predicted octanol–water partition coefficient (Wildman–Crippen LogP) is 1.30. The predicted molar refractivity (Wildman–Crippen MR) is 68.7 cm³/mol. The number of amides is 1. The number of aliphatic carboxylic acids is 1. The zero-order valence-electron chi connectivity index (χ0n) is 11.1. The van der Waals surface area contributed by atoms with Crippen molar-refractivity contribution < 1.29 is 24.2 Å². The molecule has 0 aliphatic heterocycles. The summed E-state index contributed by atoms with van der Waals surface area (Å²) in [6.45, 7) is 1.68. The van der Waals surface area contributed by atoms with E-state index in [9.17, 15) is 9.59 Å². The minimum Gasteiger partial charge on any atom is -0.497 e. The van der Waals surface area contributed by atoms with Crippen molar-refractivity contribution in [1.82, 2.24) is 5.32 Å². The Morgan fingerprint density at radius 2 is 2.00 bits per heavy atom. The van der Waals surface area contributed by atoms with Crippen molar-refractivity contribution in [2.45, 2.75) is 19.4 Å². The van der Waals surface area contributed by atoms with Crippen LogP contribution in [0.2, 0.25) is 0 Å². The van der Waals surface area contributed by atoms with Crippen molar-refractivity contribution in [3.05, 3.63) is 23.8 Å². The molecule has 1 aromatic carbocycles. The van der Waals surface area contributed by atoms with Gasteiger partial charge in [-0.2, -0.15) is 0 Å². The number of carbonyl (C=O) groups is 2. The van der Waals surface area contributed by atoms with E-state index in [1.165, 1.54) is 20.3 Å². The van der Waals surface area contributed by atoms with Crippen molar-refractivity contribution in [2.24, 2.45) is 0 Å². The van der Waals surface area contributed by atoms with E-state index in [-0.39, 0.29) is 5.56 Å². The lowest BCUT2D eigenvalue weighted by atomic mass is 10.1. The number of hydrogen-bond acceptors (Lipinski definition) is 4. The summed E-state index contributed by atoms with van der Waals surface area (Å²) in [5.74, 6) is -0.726. The topological polar surface area (TPSA) is 84.9 Å². The van der Waals surface area contributed by atoms with Gasteiger partial charge < -0.3 is 19.9 Å². The minimum absolute atomic E-state index is 0.238. The Morgan fingerprint density at radius 1 is 1.32 bits per heavy atom. The van der Waals surface area contributed by atoms with Gasteiger partial charge >= 0.3 is 5.97 Å². The Morgan fingerprint density at radius 3 is 2.47 bits per heavy atom. The molecule has 0 unspecified atom stereocenters. The molecule has 0 aromatic heterocycles. The summed E-state index contributed by atoms with van der Waals surface area (Å²) in [6, 6.07) is 3.82. The number of carbonyl (C=O) groups excluding carboxylic acids is 1. The molecule has 1 atom stereocenters. The molecule has 0 saturated heterocycles. The van der Waals surface area contributed by atoms with Gasteiger partial charge in [-0.1, -0.05) is 6.92 Å². The van der Waals surface area contributed by atoms with Gasteiger partial charge in [0.25, 0.3) is 5.91 Å². The van der Waals surface area contributed by atoms with E-state index < -0.39 is 17.9 Å². The van der Waals surface area contributed by atoms with E-state index in [0.717, 1.165) is 0 Å². The third-order valence-corrected chi connectivity index (χ3v) is 2.66. The summed E-state index contributed by atoms with van der Waals surface area (Å²) in [6.07, 6.45) is 0.299. The van der Waals surface area contributed by atoms with Crippen LogP contribution >= 0.6 is 0 Å². The maximum atomic E-state index is 12.1. The fraction of sp³-hybridized carbons (Fsp3) is 0.385. The highest BCUT2D eigenvalue weighted by molar-refractivity contribution is 5.99. The van der Waals surface area contributed by atoms with E-state index in [1.54, 1.807) is 19.1 Å². The standard InChI is InChI=1S/C13H17NO5/c1-4-10(13(16)17)14-12(15)9-7-8(18-2)5-6-11(9)19-3/h5-7,10H,4H2,1-3H3,(H,14,15)(H,16,17)/t10-/m0/s1. The van der Waals surface area contributed by atoms with Gasteiger partial charge in [-0.15, -0.1) is 0 Å². The van der Waals surface area contributed by atoms with Crippen LogP contribution in [0, 0.1) is 0 Å². The Kier molecular flexibility index (Phi) is 5.17. The van der Waals surface area contributed by atoms with Crippen LogP contribution in [0.3, 0.4) is 0 Å². The van der Waals surface area contributed by atoms with Crippen LogP contribution in [0.25, 0.3) is 0 Å². The molecule has 0 heterocycles. The smallest absolute Gasteiger partial charge is 0.326 e. The van der Waals surface area contributed by atoms with Crippen LogP contribution in [-0.4, -0.2) is 37.2 Å². The number of rotatable bonds is 6. The van der Waals surface area contributed by atoms with Gasteiger partial charge in [0, 0.05) is 0 Å². The molecule has 0 aliphatic carbocycles. The molecule has 0 spiro atoms. The van der Waals surface area contributed by atoms with Crippen LogP contribution in [0.15, 0.2) is 18.2 Å². The molecule has 1 amide bonds. The highest BCUT2D eigenvalue weighted by Crippen LogP contribution is 2.23. The first-order valence-electron chi connectivity index (χ1n) is 5.79. The highest BCUT2D eigenvalue weighted by atomic mass is 16.5. The second kappa shape index (κ2) is 6.63. The number of benzene rings is 1. The zero-order valence-corrected chi connectivity index (χ0v) is 11.1. The van der Waals surface area contributed by atoms with Crippen LogP contribution in [0.5, 0.6) is 11.5 Å².